The highest BCUT2D eigenvalue weighted by Gasteiger charge is 2.56. The summed E-state index contributed by atoms with van der Waals surface area (Å²) >= 11 is 0. The molecule has 0 atom stereocenters. The van der Waals surface area contributed by atoms with Crippen molar-refractivity contribution < 1.29 is 14.3 Å². The van der Waals surface area contributed by atoms with E-state index in [9.17, 15) is 9.59 Å². The van der Waals surface area contributed by atoms with Crippen LogP contribution in [0, 0.1) is 5.92 Å². The van der Waals surface area contributed by atoms with E-state index in [0.29, 0.717) is 25.3 Å². The summed E-state index contributed by atoms with van der Waals surface area (Å²) in [7, 11) is 1.61. The van der Waals surface area contributed by atoms with E-state index in [1.165, 1.54) is 10.5 Å². The fourth-order valence-corrected chi connectivity index (χ4v) is 4.65. The Morgan fingerprint density at radius 3 is 2.32 bits per heavy atom. The van der Waals surface area contributed by atoms with Crippen LogP contribution in [-0.4, -0.2) is 58.9 Å². The molecule has 0 bridgehead atoms. The number of likely N-dealkylation sites (N-methyl/N-ethyl adjacent to an activating group) is 1. The van der Waals surface area contributed by atoms with Crippen molar-refractivity contribution in [3.63, 3.8) is 0 Å². The zero-order valence-electron chi connectivity index (χ0n) is 18.6. The second kappa shape index (κ2) is 8.71. The summed E-state index contributed by atoms with van der Waals surface area (Å²) in [6.07, 6.45) is 1.35. The summed E-state index contributed by atoms with van der Waals surface area (Å²) in [5.74, 6) is 1.92. The van der Waals surface area contributed by atoms with Gasteiger partial charge in [-0.05, 0) is 48.6 Å². The predicted molar refractivity (Wildman–Crippen MR) is 120 cm³/mol. The van der Waals surface area contributed by atoms with Crippen LogP contribution in [0.5, 0.6) is 11.5 Å². The maximum Gasteiger partial charge on any atom is 0.327 e. The number of urea groups is 1. The number of hydrogen-bond donors (Lipinski definition) is 0. The van der Waals surface area contributed by atoms with E-state index in [-0.39, 0.29) is 11.9 Å². The Bertz CT molecular complexity index is 936. The number of para-hydroxylation sites is 1. The van der Waals surface area contributed by atoms with Gasteiger partial charge >= 0.3 is 6.03 Å². The van der Waals surface area contributed by atoms with Crippen LogP contribution >= 0.6 is 0 Å². The molecule has 4 rings (SSSR count). The Balaban J connectivity index is 1.42. The Kier molecular flexibility index (Phi) is 6.01. The first kappa shape index (κ1) is 21.4. The molecule has 0 unspecified atom stereocenters. The summed E-state index contributed by atoms with van der Waals surface area (Å²) in [5.41, 5.74) is 0.500. The topological polar surface area (TPSA) is 53.1 Å². The molecule has 6 heteroatoms. The number of amides is 3. The van der Waals surface area contributed by atoms with E-state index in [4.69, 9.17) is 4.74 Å². The van der Waals surface area contributed by atoms with Gasteiger partial charge in [0.15, 0.2) is 0 Å². The second-order valence-corrected chi connectivity index (χ2v) is 9.02. The van der Waals surface area contributed by atoms with Gasteiger partial charge in [-0.3, -0.25) is 14.6 Å². The van der Waals surface area contributed by atoms with Gasteiger partial charge in [0, 0.05) is 33.2 Å². The van der Waals surface area contributed by atoms with Gasteiger partial charge in [0.05, 0.1) is 0 Å². The zero-order valence-corrected chi connectivity index (χ0v) is 18.6. The fourth-order valence-electron chi connectivity index (χ4n) is 4.65. The highest BCUT2D eigenvalue weighted by atomic mass is 16.5. The Morgan fingerprint density at radius 1 is 0.968 bits per heavy atom. The van der Waals surface area contributed by atoms with Crippen LogP contribution in [0.15, 0.2) is 54.6 Å². The summed E-state index contributed by atoms with van der Waals surface area (Å²) in [6.45, 7) is 7.15. The maximum atomic E-state index is 13.0. The highest BCUT2D eigenvalue weighted by Crippen LogP contribution is 2.37. The number of nitrogens with zero attached hydrogens (tertiary/aromatic N) is 3. The smallest absolute Gasteiger partial charge is 0.327 e. The minimum absolute atomic E-state index is 0.0453. The van der Waals surface area contributed by atoms with Gasteiger partial charge in [0.25, 0.3) is 5.91 Å². The van der Waals surface area contributed by atoms with Crippen LogP contribution in [0.3, 0.4) is 0 Å². The van der Waals surface area contributed by atoms with Crippen molar-refractivity contribution in [3.8, 4) is 11.5 Å². The molecule has 3 amide bonds. The number of rotatable bonds is 6. The molecule has 2 fully saturated rings. The number of imide groups is 1. The molecule has 2 aromatic rings. The van der Waals surface area contributed by atoms with Crippen molar-refractivity contribution in [1.29, 1.82) is 0 Å². The number of benzene rings is 2. The first-order chi connectivity index (χ1) is 14.9. The van der Waals surface area contributed by atoms with Gasteiger partial charge in [-0.2, -0.15) is 0 Å². The van der Waals surface area contributed by atoms with Crippen LogP contribution in [0.25, 0.3) is 0 Å². The van der Waals surface area contributed by atoms with Crippen LogP contribution in [0.4, 0.5) is 4.79 Å². The van der Waals surface area contributed by atoms with Crippen LogP contribution in [0.2, 0.25) is 0 Å². The number of likely N-dealkylation sites (tertiary alicyclic amines) is 1. The van der Waals surface area contributed by atoms with E-state index >= 15 is 0 Å². The van der Waals surface area contributed by atoms with Crippen molar-refractivity contribution >= 4 is 11.9 Å². The van der Waals surface area contributed by atoms with E-state index in [1.54, 1.807) is 7.05 Å². The molecule has 0 N–H and O–H groups in total. The van der Waals surface area contributed by atoms with E-state index in [1.807, 2.05) is 47.4 Å². The fraction of sp³-hybridized carbons (Fsp3) is 0.440. The van der Waals surface area contributed by atoms with Gasteiger partial charge in [-0.1, -0.05) is 44.2 Å². The maximum absolute atomic E-state index is 13.0. The van der Waals surface area contributed by atoms with Crippen LogP contribution in [0.1, 0.15) is 32.3 Å². The van der Waals surface area contributed by atoms with E-state index in [2.05, 4.69) is 30.9 Å². The average Bonchev–Trinajstić information content (AvgIpc) is 2.92. The van der Waals surface area contributed by atoms with Gasteiger partial charge in [-0.15, -0.1) is 0 Å². The molecule has 6 nitrogen and oxygen atoms in total. The Morgan fingerprint density at radius 2 is 1.65 bits per heavy atom. The van der Waals surface area contributed by atoms with Gasteiger partial charge in [0.2, 0.25) is 0 Å². The first-order valence-corrected chi connectivity index (χ1v) is 11.0. The molecule has 2 aliphatic heterocycles. The van der Waals surface area contributed by atoms with Crippen molar-refractivity contribution in [1.82, 2.24) is 14.7 Å². The molecule has 31 heavy (non-hydrogen) atoms. The number of piperidine rings is 1. The lowest BCUT2D eigenvalue weighted by atomic mass is 9.85. The summed E-state index contributed by atoms with van der Waals surface area (Å²) in [5, 5.41) is 0. The van der Waals surface area contributed by atoms with Crippen molar-refractivity contribution in [2.45, 2.75) is 38.8 Å². The highest BCUT2D eigenvalue weighted by molar-refractivity contribution is 6.06. The van der Waals surface area contributed by atoms with Gasteiger partial charge < -0.3 is 9.64 Å². The molecule has 1 spiro atoms. The third-order valence-corrected chi connectivity index (χ3v) is 6.25. The summed E-state index contributed by atoms with van der Waals surface area (Å²) in [4.78, 5) is 31.2. The largest absolute Gasteiger partial charge is 0.457 e. The molecule has 0 saturated carbocycles. The number of carbonyl (C=O) groups excluding carboxylic acids is 2. The lowest BCUT2D eigenvalue weighted by molar-refractivity contribution is -0.135. The van der Waals surface area contributed by atoms with Crippen LogP contribution in [-0.2, 0) is 11.3 Å². The molecule has 2 heterocycles. The van der Waals surface area contributed by atoms with Gasteiger partial charge in [0.1, 0.15) is 17.0 Å². The Hall–Kier alpha value is -2.86. The second-order valence-electron chi connectivity index (χ2n) is 9.02. The lowest BCUT2D eigenvalue weighted by Gasteiger charge is -2.42. The van der Waals surface area contributed by atoms with E-state index in [0.717, 1.165) is 31.1 Å². The zero-order chi connectivity index (χ0) is 22.0. The molecule has 2 aromatic carbocycles. The first-order valence-electron chi connectivity index (χ1n) is 11.0. The molecule has 2 aliphatic rings. The van der Waals surface area contributed by atoms with Gasteiger partial charge in [-0.25, -0.2) is 4.79 Å². The Labute approximate surface area is 184 Å². The average molecular weight is 422 g/mol. The standard InChI is InChI=1S/C25H31N3O3/c1-19(2)17-28-24(30)26(3)23(29)25(28)12-14-27(15-13-25)18-20-8-7-11-22(16-20)31-21-9-5-4-6-10-21/h4-11,16,19H,12-15,17-18H2,1-3H3. The number of carbonyl (C=O) groups is 2. The van der Waals surface area contributed by atoms with Crippen molar-refractivity contribution in [2.24, 2.45) is 5.92 Å². The molecule has 2 saturated heterocycles. The summed E-state index contributed by atoms with van der Waals surface area (Å²) in [6, 6.07) is 17.8. The van der Waals surface area contributed by atoms with Crippen molar-refractivity contribution in [2.75, 3.05) is 26.7 Å². The number of ether oxygens (including phenoxy) is 1. The minimum atomic E-state index is -0.676. The lowest BCUT2D eigenvalue weighted by Crippen LogP contribution is -2.57. The van der Waals surface area contributed by atoms with Crippen LogP contribution < -0.4 is 4.74 Å². The summed E-state index contributed by atoms with van der Waals surface area (Å²) < 4.78 is 5.96. The van der Waals surface area contributed by atoms with Crippen molar-refractivity contribution in [3.05, 3.63) is 60.2 Å². The monoisotopic (exact) mass is 421 g/mol. The molecular weight excluding hydrogens is 390 g/mol. The SMILES string of the molecule is CC(C)CN1C(=O)N(C)C(=O)C12CCN(Cc1cccc(Oc3ccccc3)c1)CC2. The molecule has 0 aromatic heterocycles. The third kappa shape index (κ3) is 4.30. The predicted octanol–water partition coefficient (Wildman–Crippen LogP) is 4.36. The normalized spacial score (nSPS) is 19.0. The quantitative estimate of drug-likeness (QED) is 0.650. The molecule has 0 aliphatic carbocycles. The minimum Gasteiger partial charge on any atom is -0.457 e. The molecule has 164 valence electrons. The molecular formula is C25H31N3O3. The third-order valence-electron chi connectivity index (χ3n) is 6.25. The van der Waals surface area contributed by atoms with E-state index < -0.39 is 5.54 Å². The molecule has 0 radical (unpaired) electrons. The number of hydrogen-bond acceptors (Lipinski definition) is 4.